The molecule has 0 amide bonds. The molecule has 0 bridgehead atoms. The van der Waals surface area contributed by atoms with E-state index in [-0.39, 0.29) is 0 Å². The van der Waals surface area contributed by atoms with Gasteiger partial charge in [-0.3, -0.25) is 0 Å². The molecule has 6 rings (SSSR count). The predicted octanol–water partition coefficient (Wildman–Crippen LogP) is 8.47. The zero-order chi connectivity index (χ0) is 20.8. The molecule has 0 aliphatic carbocycles. The van der Waals surface area contributed by atoms with Crippen molar-refractivity contribution in [2.45, 2.75) is 0 Å². The Hall–Kier alpha value is -3.56. The molecule has 2 heterocycles. The van der Waals surface area contributed by atoms with Gasteiger partial charge in [-0.05, 0) is 64.7 Å². The zero-order valence-corrected chi connectivity index (χ0v) is 18.2. The first-order valence-corrected chi connectivity index (χ1v) is 11.0. The minimum atomic E-state index is 0.915. The van der Waals surface area contributed by atoms with E-state index in [0.717, 1.165) is 26.6 Å². The lowest BCUT2D eigenvalue weighted by Gasteiger charge is -2.09. The molecule has 4 aromatic carbocycles. The van der Waals surface area contributed by atoms with Crippen LogP contribution in [0.2, 0.25) is 0 Å². The number of para-hydroxylation sites is 1. The van der Waals surface area contributed by atoms with Gasteiger partial charge in [-0.25, -0.2) is 0 Å². The number of halogens is 1. The Labute approximate surface area is 188 Å². The molecule has 0 N–H and O–H groups in total. The molecular formula is C28H18BrNO. The van der Waals surface area contributed by atoms with Gasteiger partial charge in [-0.2, -0.15) is 0 Å². The second-order valence-corrected chi connectivity index (χ2v) is 8.55. The number of fused-ring (bicyclic) bond motifs is 3. The highest BCUT2D eigenvalue weighted by Crippen LogP contribution is 2.37. The van der Waals surface area contributed by atoms with Gasteiger partial charge in [-0.1, -0.05) is 70.5 Å². The number of nitrogens with zero attached hydrogens (tertiary/aromatic N) is 1. The van der Waals surface area contributed by atoms with Crippen molar-refractivity contribution in [3.8, 4) is 27.9 Å². The van der Waals surface area contributed by atoms with Crippen LogP contribution in [-0.4, -0.2) is 4.57 Å². The summed E-state index contributed by atoms with van der Waals surface area (Å²) in [5.74, 6) is 0. The Kier molecular flexibility index (Phi) is 4.29. The molecular weight excluding hydrogens is 446 g/mol. The van der Waals surface area contributed by atoms with Gasteiger partial charge < -0.3 is 8.98 Å². The molecule has 31 heavy (non-hydrogen) atoms. The predicted molar refractivity (Wildman–Crippen MR) is 132 cm³/mol. The van der Waals surface area contributed by atoms with E-state index in [9.17, 15) is 0 Å². The van der Waals surface area contributed by atoms with E-state index in [0.29, 0.717) is 0 Å². The van der Waals surface area contributed by atoms with Crippen LogP contribution in [0.5, 0.6) is 0 Å². The van der Waals surface area contributed by atoms with Crippen molar-refractivity contribution in [1.82, 2.24) is 4.57 Å². The summed E-state index contributed by atoms with van der Waals surface area (Å²) < 4.78 is 9.28. The maximum Gasteiger partial charge on any atom is 0.159 e. The Morgan fingerprint density at radius 3 is 2.10 bits per heavy atom. The van der Waals surface area contributed by atoms with Crippen LogP contribution in [0, 0.1) is 0 Å². The minimum absolute atomic E-state index is 0.915. The Balaban J connectivity index is 1.49. The highest BCUT2D eigenvalue weighted by molar-refractivity contribution is 9.10. The van der Waals surface area contributed by atoms with Crippen LogP contribution in [-0.2, 0) is 0 Å². The molecule has 3 heteroatoms. The van der Waals surface area contributed by atoms with Gasteiger partial charge in [0.1, 0.15) is 0 Å². The smallest absolute Gasteiger partial charge is 0.159 e. The lowest BCUT2D eigenvalue weighted by Crippen LogP contribution is -1.92. The molecule has 0 unspecified atom stereocenters. The van der Waals surface area contributed by atoms with Crippen molar-refractivity contribution in [3.05, 3.63) is 114 Å². The number of hydrogen-bond donors (Lipinski definition) is 0. The summed E-state index contributed by atoms with van der Waals surface area (Å²) in [7, 11) is 0. The molecule has 0 fully saturated rings. The second-order valence-electron chi connectivity index (χ2n) is 7.63. The number of furan rings is 1. The highest BCUT2D eigenvalue weighted by atomic mass is 79.9. The third kappa shape index (κ3) is 3.09. The molecule has 6 aromatic rings. The molecule has 148 valence electrons. The molecule has 0 radical (unpaired) electrons. The maximum absolute atomic E-state index is 5.99. The monoisotopic (exact) mass is 463 g/mol. The quantitative estimate of drug-likeness (QED) is 0.257. The summed E-state index contributed by atoms with van der Waals surface area (Å²) in [5, 5.41) is 2.29. The average Bonchev–Trinajstić information content (AvgIpc) is 3.47. The van der Waals surface area contributed by atoms with E-state index in [2.05, 4.69) is 118 Å². The molecule has 2 aromatic heterocycles. The fraction of sp³-hybridized carbons (Fsp3) is 0. The van der Waals surface area contributed by atoms with Gasteiger partial charge in [0.15, 0.2) is 5.58 Å². The lowest BCUT2D eigenvalue weighted by atomic mass is 9.97. The van der Waals surface area contributed by atoms with E-state index in [1.54, 1.807) is 6.26 Å². The fourth-order valence-electron chi connectivity index (χ4n) is 4.27. The van der Waals surface area contributed by atoms with Gasteiger partial charge >= 0.3 is 0 Å². The highest BCUT2D eigenvalue weighted by Gasteiger charge is 2.15. The summed E-state index contributed by atoms with van der Waals surface area (Å²) >= 11 is 3.51. The van der Waals surface area contributed by atoms with E-state index < -0.39 is 0 Å². The van der Waals surface area contributed by atoms with Crippen molar-refractivity contribution in [1.29, 1.82) is 0 Å². The van der Waals surface area contributed by atoms with Crippen molar-refractivity contribution < 1.29 is 4.42 Å². The Morgan fingerprint density at radius 2 is 1.35 bits per heavy atom. The number of aromatic nitrogens is 1. The van der Waals surface area contributed by atoms with Crippen molar-refractivity contribution in [3.63, 3.8) is 0 Å². The topological polar surface area (TPSA) is 18.1 Å². The van der Waals surface area contributed by atoms with Crippen LogP contribution in [0.1, 0.15) is 0 Å². The van der Waals surface area contributed by atoms with Gasteiger partial charge in [0.25, 0.3) is 0 Å². The first-order valence-electron chi connectivity index (χ1n) is 10.2. The zero-order valence-electron chi connectivity index (χ0n) is 16.6. The van der Waals surface area contributed by atoms with Gasteiger partial charge in [-0.15, -0.1) is 0 Å². The molecule has 2 nitrogen and oxygen atoms in total. The van der Waals surface area contributed by atoms with Crippen LogP contribution in [0.3, 0.4) is 0 Å². The van der Waals surface area contributed by atoms with Gasteiger partial charge in [0, 0.05) is 27.1 Å². The summed E-state index contributed by atoms with van der Waals surface area (Å²) in [4.78, 5) is 0. The number of benzene rings is 4. The van der Waals surface area contributed by atoms with Crippen molar-refractivity contribution >= 4 is 37.8 Å². The minimum Gasteiger partial charge on any atom is -0.462 e. The Bertz CT molecular complexity index is 1510. The van der Waals surface area contributed by atoms with Gasteiger partial charge in [0.2, 0.25) is 0 Å². The fourth-order valence-corrected chi connectivity index (χ4v) is 4.53. The molecule has 0 aliphatic rings. The lowest BCUT2D eigenvalue weighted by molar-refractivity contribution is 0.618. The maximum atomic E-state index is 5.99. The van der Waals surface area contributed by atoms with Gasteiger partial charge in [0.05, 0.1) is 11.8 Å². The van der Waals surface area contributed by atoms with Crippen LogP contribution in [0.4, 0.5) is 0 Å². The van der Waals surface area contributed by atoms with Crippen molar-refractivity contribution in [2.75, 3.05) is 0 Å². The van der Waals surface area contributed by atoms with E-state index in [1.807, 2.05) is 6.07 Å². The third-order valence-electron chi connectivity index (χ3n) is 5.80. The second kappa shape index (κ2) is 7.29. The molecule has 0 saturated carbocycles. The summed E-state index contributed by atoms with van der Waals surface area (Å²) in [5.41, 5.74) is 7.92. The number of hydrogen-bond acceptors (Lipinski definition) is 1. The standard InChI is InChI=1S/C28H18BrNO/c29-23-12-10-20(11-13-23)19-6-8-21(9-7-19)26-18-22-14-16-30(24-4-2-1-3-5-24)27(22)28-25(26)15-17-31-28/h1-18H. The molecule has 0 atom stereocenters. The molecule has 0 aliphatic heterocycles. The molecule has 0 saturated heterocycles. The summed E-state index contributed by atoms with van der Waals surface area (Å²) in [6.07, 6.45) is 3.90. The Morgan fingerprint density at radius 1 is 0.677 bits per heavy atom. The van der Waals surface area contributed by atoms with Crippen LogP contribution < -0.4 is 0 Å². The first kappa shape index (κ1) is 18.2. The largest absolute Gasteiger partial charge is 0.462 e. The first-order chi connectivity index (χ1) is 15.3. The van der Waals surface area contributed by atoms with E-state index in [4.69, 9.17) is 4.42 Å². The van der Waals surface area contributed by atoms with Crippen LogP contribution in [0.25, 0.3) is 49.8 Å². The average molecular weight is 464 g/mol. The third-order valence-corrected chi connectivity index (χ3v) is 6.32. The SMILES string of the molecule is Brc1ccc(-c2ccc(-c3cc4ccn(-c5ccccc5)c4c4occc34)cc2)cc1. The number of rotatable bonds is 3. The van der Waals surface area contributed by atoms with E-state index >= 15 is 0 Å². The summed E-state index contributed by atoms with van der Waals surface area (Å²) in [6, 6.07) is 34.0. The van der Waals surface area contributed by atoms with Crippen LogP contribution >= 0.6 is 15.9 Å². The van der Waals surface area contributed by atoms with Crippen molar-refractivity contribution in [2.24, 2.45) is 0 Å². The molecule has 0 spiro atoms. The van der Waals surface area contributed by atoms with E-state index in [1.165, 1.54) is 27.6 Å². The normalized spacial score (nSPS) is 11.4. The van der Waals surface area contributed by atoms with Crippen LogP contribution in [0.15, 0.2) is 118 Å². The summed E-state index contributed by atoms with van der Waals surface area (Å²) in [6.45, 7) is 0.